The van der Waals surface area contributed by atoms with E-state index < -0.39 is 29.6 Å². The van der Waals surface area contributed by atoms with E-state index in [2.05, 4.69) is 30.9 Å². The Morgan fingerprint density at radius 2 is 2.43 bits per heavy atom. The van der Waals surface area contributed by atoms with Crippen LogP contribution >= 0.6 is 15.9 Å². The standard InChI is InChI=1S/C11H12BrN5O4/c12-2-1-6-4-17(11(20)14-10(6)19)9-3-7(15-16-13)8(5-18)21-9/h1-2,4,7-9,18H,3,5H2,(H,14,19,20)/t7?,8-,9-/m0/s1. The minimum atomic E-state index is -0.718. The van der Waals surface area contributed by atoms with Crippen LogP contribution in [-0.4, -0.2) is 33.4 Å². The third-order valence-corrected chi connectivity index (χ3v) is 3.40. The van der Waals surface area contributed by atoms with Gasteiger partial charge in [0.2, 0.25) is 0 Å². The summed E-state index contributed by atoms with van der Waals surface area (Å²) < 4.78 is 6.71. The Kier molecular flexibility index (Phi) is 4.97. The Balaban J connectivity index is 2.39. The van der Waals surface area contributed by atoms with Crippen LogP contribution in [0, 0.1) is 0 Å². The summed E-state index contributed by atoms with van der Waals surface area (Å²) in [6, 6.07) is -0.570. The minimum Gasteiger partial charge on any atom is -0.394 e. The van der Waals surface area contributed by atoms with E-state index in [0.29, 0.717) is 0 Å². The van der Waals surface area contributed by atoms with E-state index in [4.69, 9.17) is 10.3 Å². The summed E-state index contributed by atoms with van der Waals surface area (Å²) in [7, 11) is 0. The summed E-state index contributed by atoms with van der Waals surface area (Å²) >= 11 is 3.06. The second-order valence-corrected chi connectivity index (χ2v) is 4.89. The highest BCUT2D eigenvalue weighted by atomic mass is 79.9. The Labute approximate surface area is 126 Å². The first-order chi connectivity index (χ1) is 10.1. The molecule has 1 aromatic heterocycles. The fourth-order valence-corrected chi connectivity index (χ4v) is 2.42. The molecule has 1 aromatic rings. The molecule has 3 atom stereocenters. The van der Waals surface area contributed by atoms with Crippen molar-refractivity contribution in [2.24, 2.45) is 5.11 Å². The van der Waals surface area contributed by atoms with Crippen LogP contribution in [0.1, 0.15) is 18.2 Å². The van der Waals surface area contributed by atoms with E-state index >= 15 is 0 Å². The molecule has 112 valence electrons. The molecule has 0 aromatic carbocycles. The maximum atomic E-state index is 11.9. The number of nitrogens with one attached hydrogen (secondary N) is 1. The van der Waals surface area contributed by atoms with E-state index in [-0.39, 0.29) is 18.6 Å². The fraction of sp³-hybridized carbons (Fsp3) is 0.455. The number of rotatable bonds is 4. The molecular formula is C11H12BrN5O4. The van der Waals surface area contributed by atoms with Gasteiger partial charge in [-0.15, -0.1) is 0 Å². The van der Waals surface area contributed by atoms with Crippen molar-refractivity contribution in [3.8, 4) is 0 Å². The molecule has 0 radical (unpaired) electrons. The van der Waals surface area contributed by atoms with Crippen molar-refractivity contribution in [2.75, 3.05) is 6.61 Å². The van der Waals surface area contributed by atoms with Crippen molar-refractivity contribution in [1.29, 1.82) is 0 Å². The first kappa shape index (κ1) is 15.5. The third-order valence-electron chi connectivity index (χ3n) is 3.13. The van der Waals surface area contributed by atoms with Gasteiger partial charge >= 0.3 is 5.69 Å². The Morgan fingerprint density at radius 3 is 3.05 bits per heavy atom. The van der Waals surface area contributed by atoms with Crippen LogP contribution in [0.2, 0.25) is 0 Å². The van der Waals surface area contributed by atoms with Gasteiger partial charge in [-0.1, -0.05) is 21.0 Å². The van der Waals surface area contributed by atoms with Crippen LogP contribution in [0.3, 0.4) is 0 Å². The van der Waals surface area contributed by atoms with Gasteiger partial charge < -0.3 is 9.84 Å². The maximum absolute atomic E-state index is 11.9. The molecule has 21 heavy (non-hydrogen) atoms. The quantitative estimate of drug-likeness (QED) is 0.469. The topological polar surface area (TPSA) is 133 Å². The average molecular weight is 358 g/mol. The highest BCUT2D eigenvalue weighted by Crippen LogP contribution is 2.29. The molecule has 0 amide bonds. The van der Waals surface area contributed by atoms with Crippen LogP contribution in [0.4, 0.5) is 0 Å². The fourth-order valence-electron chi connectivity index (χ4n) is 2.14. The molecule has 9 nitrogen and oxygen atoms in total. The van der Waals surface area contributed by atoms with Crippen molar-refractivity contribution >= 4 is 22.0 Å². The zero-order chi connectivity index (χ0) is 15.4. The second-order valence-electron chi connectivity index (χ2n) is 4.36. The van der Waals surface area contributed by atoms with Crippen LogP contribution in [0.5, 0.6) is 0 Å². The molecule has 2 rings (SSSR count). The van der Waals surface area contributed by atoms with Crippen LogP contribution in [-0.2, 0) is 4.74 Å². The molecule has 1 unspecified atom stereocenters. The highest BCUT2D eigenvalue weighted by molar-refractivity contribution is 9.11. The first-order valence-electron chi connectivity index (χ1n) is 6.03. The number of nitrogens with zero attached hydrogens (tertiary/aromatic N) is 4. The zero-order valence-electron chi connectivity index (χ0n) is 10.7. The normalized spacial score (nSPS) is 25.1. The van der Waals surface area contributed by atoms with Gasteiger partial charge in [0.05, 0.1) is 24.3 Å². The molecule has 0 aliphatic carbocycles. The first-order valence-corrected chi connectivity index (χ1v) is 6.95. The predicted octanol–water partition coefficient (Wildman–Crippen LogP) is 0.861. The number of azide groups is 1. The summed E-state index contributed by atoms with van der Waals surface area (Å²) in [5, 5.41) is 12.8. The molecule has 2 N–H and O–H groups in total. The van der Waals surface area contributed by atoms with Gasteiger partial charge in [0.15, 0.2) is 0 Å². The Bertz CT molecular complexity index is 705. The van der Waals surface area contributed by atoms with Crippen molar-refractivity contribution in [3.05, 3.63) is 48.0 Å². The van der Waals surface area contributed by atoms with Crippen molar-refractivity contribution in [2.45, 2.75) is 24.8 Å². The van der Waals surface area contributed by atoms with Gasteiger partial charge in [0, 0.05) is 17.5 Å². The molecule has 0 saturated carbocycles. The van der Waals surface area contributed by atoms with Crippen LogP contribution < -0.4 is 11.2 Å². The number of aromatic amines is 1. The SMILES string of the molecule is [N-]=[N+]=NC1C[C@@H](n2cc(C=CBr)c(=O)[nH]c2=O)O[C@H]1CO. The molecule has 10 heteroatoms. The van der Waals surface area contributed by atoms with Crippen molar-refractivity contribution < 1.29 is 9.84 Å². The van der Waals surface area contributed by atoms with E-state index in [1.807, 2.05) is 0 Å². The molecule has 1 aliphatic heterocycles. The lowest BCUT2D eigenvalue weighted by molar-refractivity contribution is -0.0271. The third kappa shape index (κ3) is 3.24. The Hall–Kier alpha value is -1.87. The van der Waals surface area contributed by atoms with Crippen LogP contribution in [0.25, 0.3) is 16.5 Å². The number of aliphatic hydroxyl groups excluding tert-OH is 1. The van der Waals surface area contributed by atoms with Gasteiger partial charge in [0.1, 0.15) is 6.23 Å². The van der Waals surface area contributed by atoms with Gasteiger partial charge in [-0.05, 0) is 16.6 Å². The molecule has 1 aliphatic rings. The van der Waals surface area contributed by atoms with E-state index in [0.717, 1.165) is 0 Å². The van der Waals surface area contributed by atoms with Gasteiger partial charge in [-0.2, -0.15) is 0 Å². The van der Waals surface area contributed by atoms with Gasteiger partial charge in [0.25, 0.3) is 5.56 Å². The maximum Gasteiger partial charge on any atom is 0.330 e. The number of aromatic nitrogens is 2. The summed E-state index contributed by atoms with van der Waals surface area (Å²) in [5.41, 5.74) is 7.61. The van der Waals surface area contributed by atoms with Crippen LogP contribution in [0.15, 0.2) is 25.9 Å². The highest BCUT2D eigenvalue weighted by Gasteiger charge is 2.35. The lowest BCUT2D eigenvalue weighted by Gasteiger charge is -2.14. The molecule has 0 bridgehead atoms. The van der Waals surface area contributed by atoms with Gasteiger partial charge in [-0.3, -0.25) is 14.3 Å². The monoisotopic (exact) mass is 357 g/mol. The van der Waals surface area contributed by atoms with Crippen molar-refractivity contribution in [1.82, 2.24) is 9.55 Å². The second kappa shape index (κ2) is 6.72. The molecular weight excluding hydrogens is 346 g/mol. The van der Waals surface area contributed by atoms with Crippen molar-refractivity contribution in [3.63, 3.8) is 0 Å². The summed E-state index contributed by atoms with van der Waals surface area (Å²) in [6.07, 6.45) is 1.68. The lowest BCUT2D eigenvalue weighted by atomic mass is 10.1. The summed E-state index contributed by atoms with van der Waals surface area (Å²) in [5.74, 6) is 0. The number of H-pyrrole nitrogens is 1. The minimum absolute atomic E-state index is 0.235. The van der Waals surface area contributed by atoms with E-state index in [1.54, 1.807) is 0 Å². The number of ether oxygens (including phenoxy) is 1. The van der Waals surface area contributed by atoms with E-state index in [9.17, 15) is 14.7 Å². The number of hydrogen-bond acceptors (Lipinski definition) is 5. The lowest BCUT2D eigenvalue weighted by Crippen LogP contribution is -2.33. The molecule has 1 fully saturated rings. The largest absolute Gasteiger partial charge is 0.394 e. The molecule has 1 saturated heterocycles. The Morgan fingerprint density at radius 1 is 1.67 bits per heavy atom. The number of hydrogen-bond donors (Lipinski definition) is 2. The average Bonchev–Trinajstić information content (AvgIpc) is 2.85. The smallest absolute Gasteiger partial charge is 0.330 e. The zero-order valence-corrected chi connectivity index (χ0v) is 12.3. The summed E-state index contributed by atoms with van der Waals surface area (Å²) in [6.45, 7) is -0.327. The van der Waals surface area contributed by atoms with E-state index in [1.165, 1.54) is 21.8 Å². The number of aliphatic hydroxyl groups is 1. The van der Waals surface area contributed by atoms with Gasteiger partial charge in [-0.25, -0.2) is 4.79 Å². The molecule has 2 heterocycles. The predicted molar refractivity (Wildman–Crippen MR) is 77.8 cm³/mol. The molecule has 0 spiro atoms. The summed E-state index contributed by atoms with van der Waals surface area (Å²) in [4.78, 5) is 29.8. The number of halogens is 1.